The zero-order valence-electron chi connectivity index (χ0n) is 19.8. The number of methoxy groups -OCH3 is 1. The van der Waals surface area contributed by atoms with Crippen LogP contribution in [0.4, 0.5) is 14.7 Å². The van der Waals surface area contributed by atoms with Gasteiger partial charge in [-0.1, -0.05) is 42.5 Å². The molecule has 2 N–H and O–H groups in total. The van der Waals surface area contributed by atoms with Crippen LogP contribution in [0.3, 0.4) is 0 Å². The van der Waals surface area contributed by atoms with Gasteiger partial charge in [-0.2, -0.15) is 0 Å². The molecule has 1 aliphatic heterocycles. The van der Waals surface area contributed by atoms with E-state index in [0.717, 1.165) is 5.56 Å². The number of aryl methyl sites for hydroxylation is 1. The molecule has 0 fully saturated rings. The summed E-state index contributed by atoms with van der Waals surface area (Å²) < 4.78 is 34.1. The molecular weight excluding hydrogens is 462 g/mol. The summed E-state index contributed by atoms with van der Waals surface area (Å²) >= 11 is 0. The fourth-order valence-corrected chi connectivity index (χ4v) is 4.80. The molecule has 0 aliphatic carbocycles. The van der Waals surface area contributed by atoms with Gasteiger partial charge in [0.2, 0.25) is 5.95 Å². The topological polar surface area (TPSA) is 81.3 Å². The number of ether oxygens (including phenoxy) is 1. The first kappa shape index (κ1) is 23.4. The number of hydrogen-bond acceptors (Lipinski definition) is 5. The normalized spacial score (nSPS) is 15.1. The summed E-state index contributed by atoms with van der Waals surface area (Å²) in [5.74, 6) is -1.09. The maximum atomic E-state index is 14.6. The second-order valence-electron chi connectivity index (χ2n) is 8.71. The van der Waals surface area contributed by atoms with Crippen molar-refractivity contribution in [1.29, 1.82) is 0 Å². The van der Waals surface area contributed by atoms with Crippen LogP contribution < -0.4 is 10.5 Å². The van der Waals surface area contributed by atoms with Crippen LogP contribution in [0.15, 0.2) is 66.7 Å². The number of carbonyl (C=O) groups is 1. The minimum Gasteiger partial charge on any atom is -0.494 e. The van der Waals surface area contributed by atoms with Crippen molar-refractivity contribution in [3.8, 4) is 16.9 Å². The van der Waals surface area contributed by atoms with E-state index in [1.807, 2.05) is 30.3 Å². The standard InChI is InChI=1S/C28H24F2N4O2/c1-16-26-23(33-28(31)32-16)14-24(34(27(26)35)15-17-6-4-3-5-7-17)20-10-9-19(29)13-21(20)18-8-11-25(36-2)22(30)12-18/h3-13,24H,14-15H2,1-2H3,(H2,31,32,33)/t24-/m1/s1. The Bertz CT molecular complexity index is 1460. The average molecular weight is 487 g/mol. The van der Waals surface area contributed by atoms with Gasteiger partial charge in [0.05, 0.1) is 30.1 Å². The van der Waals surface area contributed by atoms with E-state index < -0.39 is 17.7 Å². The van der Waals surface area contributed by atoms with Crippen molar-refractivity contribution in [2.45, 2.75) is 25.9 Å². The molecule has 8 heteroatoms. The van der Waals surface area contributed by atoms with Crippen LogP contribution >= 0.6 is 0 Å². The van der Waals surface area contributed by atoms with E-state index in [9.17, 15) is 13.6 Å². The van der Waals surface area contributed by atoms with Gasteiger partial charge in [0.25, 0.3) is 5.91 Å². The number of nitrogens with zero attached hydrogens (tertiary/aromatic N) is 3. The first-order valence-corrected chi connectivity index (χ1v) is 11.5. The minimum absolute atomic E-state index is 0.0888. The number of fused-ring (bicyclic) bond motifs is 1. The van der Waals surface area contributed by atoms with Crippen LogP contribution in [0.5, 0.6) is 5.75 Å². The van der Waals surface area contributed by atoms with Crippen LogP contribution in [-0.2, 0) is 13.0 Å². The molecule has 2 heterocycles. The Labute approximate surface area is 207 Å². The number of rotatable bonds is 5. The summed E-state index contributed by atoms with van der Waals surface area (Å²) in [6.07, 6.45) is 0.346. The number of nitrogens with two attached hydrogens (primary N) is 1. The summed E-state index contributed by atoms with van der Waals surface area (Å²) in [5.41, 5.74) is 9.94. The smallest absolute Gasteiger partial charge is 0.258 e. The fraction of sp³-hybridized carbons (Fsp3) is 0.179. The fourth-order valence-electron chi connectivity index (χ4n) is 4.80. The lowest BCUT2D eigenvalue weighted by Gasteiger charge is -2.38. The number of nitrogen functional groups attached to an aromatic ring is 1. The molecule has 0 spiro atoms. The highest BCUT2D eigenvalue weighted by Crippen LogP contribution is 2.40. The highest BCUT2D eigenvalue weighted by molar-refractivity contribution is 5.98. The molecule has 36 heavy (non-hydrogen) atoms. The van der Waals surface area contributed by atoms with Gasteiger partial charge >= 0.3 is 0 Å². The van der Waals surface area contributed by atoms with Gasteiger partial charge in [-0.25, -0.2) is 18.7 Å². The third-order valence-corrected chi connectivity index (χ3v) is 6.45. The summed E-state index contributed by atoms with van der Waals surface area (Å²) in [7, 11) is 1.38. The Hall–Kier alpha value is -4.33. The number of halogens is 2. The molecule has 6 nitrogen and oxygen atoms in total. The van der Waals surface area contributed by atoms with Gasteiger partial charge in [-0.15, -0.1) is 0 Å². The zero-order valence-corrected chi connectivity index (χ0v) is 19.8. The van der Waals surface area contributed by atoms with E-state index >= 15 is 0 Å². The number of aromatic nitrogens is 2. The van der Waals surface area contributed by atoms with Gasteiger partial charge in [0.1, 0.15) is 5.82 Å². The molecule has 0 saturated carbocycles. The number of amides is 1. The van der Waals surface area contributed by atoms with Crippen molar-refractivity contribution < 1.29 is 18.3 Å². The maximum Gasteiger partial charge on any atom is 0.258 e. The van der Waals surface area contributed by atoms with E-state index in [1.54, 1.807) is 24.0 Å². The molecule has 1 amide bonds. The van der Waals surface area contributed by atoms with E-state index in [1.165, 1.54) is 31.4 Å². The molecule has 4 aromatic rings. The van der Waals surface area contributed by atoms with Crippen LogP contribution in [0.2, 0.25) is 0 Å². The molecule has 0 bridgehead atoms. The Balaban J connectivity index is 1.68. The lowest BCUT2D eigenvalue weighted by Crippen LogP contribution is -2.41. The van der Waals surface area contributed by atoms with Crippen molar-refractivity contribution in [3.63, 3.8) is 0 Å². The SMILES string of the molecule is COc1ccc(-c2cc(F)ccc2[C@H]2Cc3nc(N)nc(C)c3C(=O)N2Cc2ccccc2)cc1F. The average Bonchev–Trinajstić information content (AvgIpc) is 2.86. The van der Waals surface area contributed by atoms with Crippen molar-refractivity contribution in [1.82, 2.24) is 14.9 Å². The largest absolute Gasteiger partial charge is 0.494 e. The third-order valence-electron chi connectivity index (χ3n) is 6.45. The predicted molar refractivity (Wildman–Crippen MR) is 132 cm³/mol. The van der Waals surface area contributed by atoms with Gasteiger partial charge in [-0.05, 0) is 53.4 Å². The van der Waals surface area contributed by atoms with Crippen LogP contribution in [0, 0.1) is 18.6 Å². The second-order valence-corrected chi connectivity index (χ2v) is 8.71. The third kappa shape index (κ3) is 4.26. The molecule has 5 rings (SSSR count). The van der Waals surface area contributed by atoms with Gasteiger partial charge in [-0.3, -0.25) is 4.79 Å². The first-order valence-electron chi connectivity index (χ1n) is 11.5. The number of benzene rings is 3. The van der Waals surface area contributed by atoms with Crippen molar-refractivity contribution in [2.75, 3.05) is 12.8 Å². The van der Waals surface area contributed by atoms with Gasteiger partial charge in [0, 0.05) is 13.0 Å². The van der Waals surface area contributed by atoms with Gasteiger partial charge < -0.3 is 15.4 Å². The molecule has 0 radical (unpaired) electrons. The maximum absolute atomic E-state index is 14.6. The highest BCUT2D eigenvalue weighted by Gasteiger charge is 2.37. The van der Waals surface area contributed by atoms with Crippen LogP contribution in [0.1, 0.15) is 38.9 Å². The monoisotopic (exact) mass is 486 g/mol. The summed E-state index contributed by atoms with van der Waals surface area (Å²) in [6, 6.07) is 17.9. The Morgan fingerprint density at radius 2 is 1.83 bits per heavy atom. The minimum atomic E-state index is -0.562. The molecule has 182 valence electrons. The lowest BCUT2D eigenvalue weighted by atomic mass is 9.87. The molecular formula is C28H24F2N4O2. The Morgan fingerprint density at radius 1 is 1.06 bits per heavy atom. The Kier molecular flexibility index (Phi) is 6.10. The second kappa shape index (κ2) is 9.37. The van der Waals surface area contributed by atoms with Crippen molar-refractivity contribution >= 4 is 11.9 Å². The summed E-state index contributed by atoms with van der Waals surface area (Å²) in [5, 5.41) is 0. The zero-order chi connectivity index (χ0) is 25.4. The molecule has 1 aliphatic rings. The van der Waals surface area contributed by atoms with Crippen LogP contribution in [-0.4, -0.2) is 27.9 Å². The molecule has 0 saturated heterocycles. The molecule has 3 aromatic carbocycles. The molecule has 0 unspecified atom stereocenters. The van der Waals surface area contributed by atoms with E-state index in [4.69, 9.17) is 10.5 Å². The number of hydrogen-bond donors (Lipinski definition) is 1. The van der Waals surface area contributed by atoms with Crippen molar-refractivity contribution in [3.05, 3.63) is 106 Å². The molecule has 1 atom stereocenters. The van der Waals surface area contributed by atoms with Crippen molar-refractivity contribution in [2.24, 2.45) is 0 Å². The summed E-state index contributed by atoms with van der Waals surface area (Å²) in [6.45, 7) is 2.06. The lowest BCUT2D eigenvalue weighted by molar-refractivity contribution is 0.0625. The summed E-state index contributed by atoms with van der Waals surface area (Å²) in [4.78, 5) is 24.1. The van der Waals surface area contributed by atoms with E-state index in [0.29, 0.717) is 46.6 Å². The first-order chi connectivity index (χ1) is 17.4. The predicted octanol–water partition coefficient (Wildman–Crippen LogP) is 5.26. The highest BCUT2D eigenvalue weighted by atomic mass is 19.1. The van der Waals surface area contributed by atoms with Crippen LogP contribution in [0.25, 0.3) is 11.1 Å². The van der Waals surface area contributed by atoms with E-state index in [-0.39, 0.29) is 17.6 Å². The number of anilines is 1. The quantitative estimate of drug-likeness (QED) is 0.416. The Morgan fingerprint density at radius 3 is 2.56 bits per heavy atom. The van der Waals surface area contributed by atoms with E-state index in [2.05, 4.69) is 9.97 Å². The van der Waals surface area contributed by atoms with Gasteiger partial charge in [0.15, 0.2) is 11.6 Å². The molecule has 1 aromatic heterocycles. The number of carbonyl (C=O) groups excluding carboxylic acids is 1.